The maximum atomic E-state index is 6.34. The summed E-state index contributed by atoms with van der Waals surface area (Å²) in [5.74, 6) is 2.28. The molecule has 0 saturated carbocycles. The maximum Gasteiger partial charge on any atom is 0.161 e. The third-order valence-corrected chi connectivity index (χ3v) is 3.74. The number of ether oxygens (including phenoxy) is 2. The summed E-state index contributed by atoms with van der Waals surface area (Å²) in [4.78, 5) is 0. The van der Waals surface area contributed by atoms with Crippen LogP contribution in [0.2, 0.25) is 0 Å². The molecule has 0 heterocycles. The van der Waals surface area contributed by atoms with Crippen LogP contribution in [-0.2, 0) is 0 Å². The van der Waals surface area contributed by atoms with Crippen LogP contribution in [0.1, 0.15) is 58.6 Å². The van der Waals surface area contributed by atoms with Gasteiger partial charge < -0.3 is 15.2 Å². The van der Waals surface area contributed by atoms with Gasteiger partial charge in [0.2, 0.25) is 0 Å². The molecule has 0 saturated heterocycles. The summed E-state index contributed by atoms with van der Waals surface area (Å²) < 4.78 is 11.2. The molecule has 0 aliphatic carbocycles. The standard InChI is InChI=1S/C17H29NO2/c1-5-13(6-2)11-15(18)14-9-10-16(19-7-3)17(12-14)20-8-4/h9-10,12-13,15H,5-8,11,18H2,1-4H3. The van der Waals surface area contributed by atoms with Crippen molar-refractivity contribution in [3.05, 3.63) is 23.8 Å². The fraction of sp³-hybridized carbons (Fsp3) is 0.647. The molecule has 0 aliphatic rings. The molecular formula is C17H29NO2. The minimum Gasteiger partial charge on any atom is -0.490 e. The Balaban J connectivity index is 2.86. The topological polar surface area (TPSA) is 44.5 Å². The van der Waals surface area contributed by atoms with Crippen molar-refractivity contribution in [3.63, 3.8) is 0 Å². The summed E-state index contributed by atoms with van der Waals surface area (Å²) >= 11 is 0. The van der Waals surface area contributed by atoms with Gasteiger partial charge in [-0.1, -0.05) is 32.8 Å². The van der Waals surface area contributed by atoms with Crippen molar-refractivity contribution in [2.75, 3.05) is 13.2 Å². The van der Waals surface area contributed by atoms with E-state index in [4.69, 9.17) is 15.2 Å². The molecule has 1 unspecified atom stereocenters. The van der Waals surface area contributed by atoms with Crippen molar-refractivity contribution in [3.8, 4) is 11.5 Å². The average Bonchev–Trinajstić information content (AvgIpc) is 2.46. The summed E-state index contributed by atoms with van der Waals surface area (Å²) in [7, 11) is 0. The first-order valence-electron chi connectivity index (χ1n) is 7.81. The molecule has 1 aromatic rings. The molecule has 0 fully saturated rings. The highest BCUT2D eigenvalue weighted by Gasteiger charge is 2.14. The average molecular weight is 279 g/mol. The van der Waals surface area contributed by atoms with Crippen LogP contribution in [0.25, 0.3) is 0 Å². The van der Waals surface area contributed by atoms with E-state index in [2.05, 4.69) is 19.9 Å². The van der Waals surface area contributed by atoms with E-state index in [0.29, 0.717) is 19.1 Å². The van der Waals surface area contributed by atoms with Gasteiger partial charge in [0, 0.05) is 6.04 Å². The van der Waals surface area contributed by atoms with E-state index in [0.717, 1.165) is 23.5 Å². The Labute approximate surface area is 123 Å². The zero-order valence-corrected chi connectivity index (χ0v) is 13.3. The highest BCUT2D eigenvalue weighted by Crippen LogP contribution is 2.32. The van der Waals surface area contributed by atoms with Crippen LogP contribution in [-0.4, -0.2) is 13.2 Å². The van der Waals surface area contributed by atoms with Gasteiger partial charge in [0.1, 0.15) is 0 Å². The monoisotopic (exact) mass is 279 g/mol. The smallest absolute Gasteiger partial charge is 0.161 e. The molecule has 0 spiro atoms. The van der Waals surface area contributed by atoms with Gasteiger partial charge in [0.05, 0.1) is 13.2 Å². The van der Waals surface area contributed by atoms with Gasteiger partial charge in [-0.25, -0.2) is 0 Å². The van der Waals surface area contributed by atoms with Gasteiger partial charge >= 0.3 is 0 Å². The second-order valence-electron chi connectivity index (χ2n) is 5.10. The van der Waals surface area contributed by atoms with E-state index in [1.165, 1.54) is 12.8 Å². The summed E-state index contributed by atoms with van der Waals surface area (Å²) in [6.07, 6.45) is 3.38. The lowest BCUT2D eigenvalue weighted by Crippen LogP contribution is -2.15. The summed E-state index contributed by atoms with van der Waals surface area (Å²) in [5, 5.41) is 0. The van der Waals surface area contributed by atoms with Crippen molar-refractivity contribution >= 4 is 0 Å². The Hall–Kier alpha value is -1.22. The van der Waals surface area contributed by atoms with Crippen LogP contribution in [0.4, 0.5) is 0 Å². The SMILES string of the molecule is CCOc1ccc(C(N)CC(CC)CC)cc1OCC. The molecule has 0 amide bonds. The van der Waals surface area contributed by atoms with Gasteiger partial charge in [-0.05, 0) is 43.9 Å². The third kappa shape index (κ3) is 4.71. The molecule has 1 aromatic carbocycles. The van der Waals surface area contributed by atoms with E-state index in [9.17, 15) is 0 Å². The highest BCUT2D eigenvalue weighted by atomic mass is 16.5. The molecular weight excluding hydrogens is 250 g/mol. The summed E-state index contributed by atoms with van der Waals surface area (Å²) in [5.41, 5.74) is 7.47. The van der Waals surface area contributed by atoms with Crippen molar-refractivity contribution in [1.82, 2.24) is 0 Å². The number of benzene rings is 1. The first-order valence-corrected chi connectivity index (χ1v) is 7.81. The molecule has 3 nitrogen and oxygen atoms in total. The van der Waals surface area contributed by atoms with Crippen molar-refractivity contribution in [2.24, 2.45) is 11.7 Å². The Morgan fingerprint density at radius 1 is 0.950 bits per heavy atom. The molecule has 0 radical (unpaired) electrons. The van der Waals surface area contributed by atoms with Crippen molar-refractivity contribution in [2.45, 2.75) is 53.0 Å². The van der Waals surface area contributed by atoms with Crippen LogP contribution in [0.15, 0.2) is 18.2 Å². The van der Waals surface area contributed by atoms with Gasteiger partial charge in [-0.15, -0.1) is 0 Å². The lowest BCUT2D eigenvalue weighted by molar-refractivity contribution is 0.287. The molecule has 3 heteroatoms. The first-order chi connectivity index (χ1) is 9.65. The number of hydrogen-bond acceptors (Lipinski definition) is 3. The predicted molar refractivity (Wildman–Crippen MR) is 84.4 cm³/mol. The zero-order chi connectivity index (χ0) is 15.0. The highest BCUT2D eigenvalue weighted by molar-refractivity contribution is 5.43. The number of nitrogens with two attached hydrogens (primary N) is 1. The van der Waals surface area contributed by atoms with E-state index >= 15 is 0 Å². The Bertz CT molecular complexity index is 389. The van der Waals surface area contributed by atoms with Crippen LogP contribution in [0, 0.1) is 5.92 Å². The first kappa shape index (κ1) is 16.8. The minimum atomic E-state index is 0.0646. The van der Waals surface area contributed by atoms with E-state index in [-0.39, 0.29) is 6.04 Å². The van der Waals surface area contributed by atoms with Gasteiger partial charge in [0.15, 0.2) is 11.5 Å². The molecule has 0 bridgehead atoms. The lowest BCUT2D eigenvalue weighted by atomic mass is 9.91. The number of rotatable bonds is 9. The quantitative estimate of drug-likeness (QED) is 0.732. The van der Waals surface area contributed by atoms with Gasteiger partial charge in [-0.2, -0.15) is 0 Å². The Morgan fingerprint density at radius 3 is 2.10 bits per heavy atom. The van der Waals surface area contributed by atoms with E-state index < -0.39 is 0 Å². The normalized spacial score (nSPS) is 12.5. The lowest BCUT2D eigenvalue weighted by Gasteiger charge is -2.20. The molecule has 0 aromatic heterocycles. The molecule has 2 N–H and O–H groups in total. The maximum absolute atomic E-state index is 6.34. The second-order valence-corrected chi connectivity index (χ2v) is 5.10. The van der Waals surface area contributed by atoms with E-state index in [1.807, 2.05) is 26.0 Å². The fourth-order valence-electron chi connectivity index (χ4n) is 2.42. The largest absolute Gasteiger partial charge is 0.490 e. The predicted octanol–water partition coefficient (Wildman–Crippen LogP) is 4.31. The molecule has 1 rings (SSSR count). The van der Waals surface area contributed by atoms with Crippen LogP contribution in [0.3, 0.4) is 0 Å². The van der Waals surface area contributed by atoms with Gasteiger partial charge in [-0.3, -0.25) is 0 Å². The summed E-state index contributed by atoms with van der Waals surface area (Å²) in [6, 6.07) is 6.12. The van der Waals surface area contributed by atoms with Gasteiger partial charge in [0.25, 0.3) is 0 Å². The number of hydrogen-bond donors (Lipinski definition) is 1. The van der Waals surface area contributed by atoms with Crippen molar-refractivity contribution in [1.29, 1.82) is 0 Å². The second kappa shape index (κ2) is 8.85. The third-order valence-electron chi connectivity index (χ3n) is 3.74. The minimum absolute atomic E-state index is 0.0646. The molecule has 0 aliphatic heterocycles. The van der Waals surface area contributed by atoms with E-state index in [1.54, 1.807) is 0 Å². The van der Waals surface area contributed by atoms with Crippen LogP contribution in [0.5, 0.6) is 11.5 Å². The van der Waals surface area contributed by atoms with Crippen molar-refractivity contribution < 1.29 is 9.47 Å². The van der Waals surface area contributed by atoms with Crippen LogP contribution >= 0.6 is 0 Å². The molecule has 20 heavy (non-hydrogen) atoms. The molecule has 114 valence electrons. The fourth-order valence-corrected chi connectivity index (χ4v) is 2.42. The summed E-state index contributed by atoms with van der Waals surface area (Å²) in [6.45, 7) is 9.68. The van der Waals surface area contributed by atoms with Crippen LogP contribution < -0.4 is 15.2 Å². The zero-order valence-electron chi connectivity index (χ0n) is 13.3. The Morgan fingerprint density at radius 2 is 1.55 bits per heavy atom. The Kier molecular flexibility index (Phi) is 7.45. The molecule has 1 atom stereocenters.